The van der Waals surface area contributed by atoms with Gasteiger partial charge in [-0.2, -0.15) is 0 Å². The molecule has 5 heteroatoms. The number of phenols is 1. The Labute approximate surface area is 154 Å². The Morgan fingerprint density at radius 2 is 1.70 bits per heavy atom. The van der Waals surface area contributed by atoms with Gasteiger partial charge in [0.1, 0.15) is 40.7 Å². The van der Waals surface area contributed by atoms with Crippen molar-refractivity contribution in [3.8, 4) is 22.8 Å². The largest absolute Gasteiger partial charge is 0.508 e. The molecule has 0 saturated carbocycles. The van der Waals surface area contributed by atoms with E-state index >= 15 is 0 Å². The van der Waals surface area contributed by atoms with Crippen molar-refractivity contribution in [1.82, 2.24) is 0 Å². The van der Waals surface area contributed by atoms with E-state index < -0.39 is 0 Å². The summed E-state index contributed by atoms with van der Waals surface area (Å²) in [6.07, 6.45) is 0. The Balaban J connectivity index is 1.75. The van der Waals surface area contributed by atoms with Crippen LogP contribution in [0.3, 0.4) is 0 Å². The Hall–Kier alpha value is -3.60. The van der Waals surface area contributed by atoms with Crippen LogP contribution in [0.15, 0.2) is 82.0 Å². The third-order valence-electron chi connectivity index (χ3n) is 4.15. The number of benzene rings is 3. The van der Waals surface area contributed by atoms with E-state index in [1.165, 1.54) is 30.3 Å². The van der Waals surface area contributed by atoms with Crippen LogP contribution in [0.5, 0.6) is 11.5 Å². The number of aromatic hydroxyl groups is 1. The van der Waals surface area contributed by atoms with Crippen molar-refractivity contribution in [1.29, 1.82) is 0 Å². The van der Waals surface area contributed by atoms with Gasteiger partial charge in [0.15, 0.2) is 5.43 Å². The molecule has 0 radical (unpaired) electrons. The molecule has 4 rings (SSSR count). The first-order valence-corrected chi connectivity index (χ1v) is 8.34. The second kappa shape index (κ2) is 6.96. The van der Waals surface area contributed by atoms with E-state index in [1.54, 1.807) is 12.1 Å². The van der Waals surface area contributed by atoms with Crippen LogP contribution >= 0.6 is 0 Å². The zero-order chi connectivity index (χ0) is 18.8. The van der Waals surface area contributed by atoms with Gasteiger partial charge in [-0.15, -0.1) is 0 Å². The first kappa shape index (κ1) is 16.8. The predicted molar refractivity (Wildman–Crippen MR) is 100 cm³/mol. The van der Waals surface area contributed by atoms with Crippen LogP contribution in [0, 0.1) is 5.82 Å². The summed E-state index contributed by atoms with van der Waals surface area (Å²) in [5.41, 5.74) is 1.45. The SMILES string of the molecule is O=c1cc(-c2ccccc2)oc2cc(O)cc(OCc3ccc(F)cc3)c12. The molecule has 0 aliphatic rings. The molecule has 134 valence electrons. The predicted octanol–water partition coefficient (Wildman–Crippen LogP) is 4.88. The van der Waals surface area contributed by atoms with E-state index in [-0.39, 0.29) is 40.3 Å². The van der Waals surface area contributed by atoms with E-state index in [2.05, 4.69) is 0 Å². The van der Waals surface area contributed by atoms with Gasteiger partial charge in [-0.25, -0.2) is 4.39 Å². The van der Waals surface area contributed by atoms with Crippen molar-refractivity contribution in [2.75, 3.05) is 0 Å². The van der Waals surface area contributed by atoms with Gasteiger partial charge in [-0.1, -0.05) is 42.5 Å². The minimum Gasteiger partial charge on any atom is -0.508 e. The molecule has 27 heavy (non-hydrogen) atoms. The van der Waals surface area contributed by atoms with Gasteiger partial charge >= 0.3 is 0 Å². The molecule has 0 atom stereocenters. The van der Waals surface area contributed by atoms with Crippen LogP contribution in [0.1, 0.15) is 5.56 Å². The molecule has 1 N–H and O–H groups in total. The average Bonchev–Trinajstić information content (AvgIpc) is 2.67. The summed E-state index contributed by atoms with van der Waals surface area (Å²) in [6.45, 7) is 0.124. The third kappa shape index (κ3) is 3.53. The molecular weight excluding hydrogens is 347 g/mol. The van der Waals surface area contributed by atoms with Crippen molar-refractivity contribution < 1.29 is 18.7 Å². The number of halogens is 1. The highest BCUT2D eigenvalue weighted by atomic mass is 19.1. The molecular formula is C22H15FO4. The van der Waals surface area contributed by atoms with E-state index in [1.807, 2.05) is 30.3 Å². The van der Waals surface area contributed by atoms with Crippen LogP contribution in [-0.4, -0.2) is 5.11 Å². The molecule has 1 aromatic heterocycles. The Morgan fingerprint density at radius 3 is 2.44 bits per heavy atom. The Bertz CT molecular complexity index is 1150. The summed E-state index contributed by atoms with van der Waals surface area (Å²) in [5.74, 6) is 0.200. The minimum atomic E-state index is -0.337. The van der Waals surface area contributed by atoms with Crippen LogP contribution in [-0.2, 0) is 6.61 Å². The standard InChI is InChI=1S/C22H15FO4/c23-16-8-6-14(7-9-16)13-26-20-10-17(24)11-21-22(20)18(25)12-19(27-21)15-4-2-1-3-5-15/h1-12,24H,13H2. The lowest BCUT2D eigenvalue weighted by Crippen LogP contribution is -2.04. The van der Waals surface area contributed by atoms with Crippen LogP contribution in [0.2, 0.25) is 0 Å². The summed E-state index contributed by atoms with van der Waals surface area (Å²) in [4.78, 5) is 12.7. The van der Waals surface area contributed by atoms with Crippen molar-refractivity contribution >= 4 is 11.0 Å². The molecule has 0 bridgehead atoms. The van der Waals surface area contributed by atoms with Crippen molar-refractivity contribution in [2.24, 2.45) is 0 Å². The quantitative estimate of drug-likeness (QED) is 0.562. The van der Waals surface area contributed by atoms with Crippen molar-refractivity contribution in [3.05, 3.63) is 94.4 Å². The number of ether oxygens (including phenoxy) is 1. The number of fused-ring (bicyclic) bond motifs is 1. The fourth-order valence-electron chi connectivity index (χ4n) is 2.84. The summed E-state index contributed by atoms with van der Waals surface area (Å²) >= 11 is 0. The zero-order valence-corrected chi connectivity index (χ0v) is 14.2. The van der Waals surface area contributed by atoms with E-state index in [4.69, 9.17) is 9.15 Å². The van der Waals surface area contributed by atoms with Gasteiger partial charge in [0, 0.05) is 23.8 Å². The maximum Gasteiger partial charge on any atom is 0.197 e. The molecule has 4 aromatic rings. The lowest BCUT2D eigenvalue weighted by molar-refractivity contribution is 0.307. The van der Waals surface area contributed by atoms with E-state index in [0.29, 0.717) is 5.76 Å². The molecule has 3 aromatic carbocycles. The van der Waals surface area contributed by atoms with Crippen molar-refractivity contribution in [3.63, 3.8) is 0 Å². The molecule has 0 saturated heterocycles. The van der Waals surface area contributed by atoms with Gasteiger partial charge in [0.2, 0.25) is 0 Å². The van der Waals surface area contributed by atoms with Gasteiger partial charge in [-0.3, -0.25) is 4.79 Å². The van der Waals surface area contributed by atoms with Gasteiger partial charge in [0.05, 0.1) is 0 Å². The normalized spacial score (nSPS) is 10.9. The summed E-state index contributed by atoms with van der Waals surface area (Å²) in [5, 5.41) is 10.3. The van der Waals surface area contributed by atoms with Gasteiger partial charge < -0.3 is 14.3 Å². The highest BCUT2D eigenvalue weighted by Gasteiger charge is 2.14. The molecule has 0 fully saturated rings. The Kier molecular flexibility index (Phi) is 4.34. The molecule has 1 heterocycles. The number of hydrogen-bond acceptors (Lipinski definition) is 4. The third-order valence-corrected chi connectivity index (χ3v) is 4.15. The van der Waals surface area contributed by atoms with Gasteiger partial charge in [-0.05, 0) is 17.7 Å². The highest BCUT2D eigenvalue weighted by Crippen LogP contribution is 2.31. The Morgan fingerprint density at radius 1 is 0.963 bits per heavy atom. The maximum absolute atomic E-state index is 13.0. The van der Waals surface area contributed by atoms with E-state index in [9.17, 15) is 14.3 Å². The van der Waals surface area contributed by atoms with Crippen LogP contribution in [0.4, 0.5) is 4.39 Å². The number of rotatable bonds is 4. The zero-order valence-electron chi connectivity index (χ0n) is 14.2. The topological polar surface area (TPSA) is 59.7 Å². The number of phenolic OH excluding ortho intramolecular Hbond substituents is 1. The lowest BCUT2D eigenvalue weighted by atomic mass is 10.1. The first-order chi connectivity index (χ1) is 13.1. The molecule has 0 spiro atoms. The van der Waals surface area contributed by atoms with Crippen LogP contribution < -0.4 is 10.2 Å². The second-order valence-electron chi connectivity index (χ2n) is 6.07. The monoisotopic (exact) mass is 362 g/mol. The maximum atomic E-state index is 13.0. The smallest absolute Gasteiger partial charge is 0.197 e. The summed E-state index contributed by atoms with van der Waals surface area (Å²) in [7, 11) is 0. The van der Waals surface area contributed by atoms with Crippen LogP contribution in [0.25, 0.3) is 22.3 Å². The molecule has 4 nitrogen and oxygen atoms in total. The number of hydrogen-bond donors (Lipinski definition) is 1. The summed E-state index contributed by atoms with van der Waals surface area (Å²) < 4.78 is 24.6. The highest BCUT2D eigenvalue weighted by molar-refractivity contribution is 5.86. The molecule has 0 unspecified atom stereocenters. The fraction of sp³-hybridized carbons (Fsp3) is 0.0455. The average molecular weight is 362 g/mol. The molecule has 0 amide bonds. The summed E-state index contributed by atoms with van der Waals surface area (Å²) in [6, 6.07) is 19.2. The second-order valence-corrected chi connectivity index (χ2v) is 6.07. The lowest BCUT2D eigenvalue weighted by Gasteiger charge is -2.10. The van der Waals surface area contributed by atoms with Crippen molar-refractivity contribution in [2.45, 2.75) is 6.61 Å². The molecule has 0 aliphatic carbocycles. The minimum absolute atomic E-state index is 0.0787. The molecule has 0 aliphatic heterocycles. The van der Waals surface area contributed by atoms with Gasteiger partial charge in [0.25, 0.3) is 0 Å². The first-order valence-electron chi connectivity index (χ1n) is 8.34. The fourth-order valence-corrected chi connectivity index (χ4v) is 2.84. The van der Waals surface area contributed by atoms with E-state index in [0.717, 1.165) is 11.1 Å².